The lowest BCUT2D eigenvalue weighted by Gasteiger charge is -2.33. The number of aliphatic imine (C=N–C) groups is 1. The van der Waals surface area contributed by atoms with Crippen LogP contribution in [0.25, 0.3) is 0 Å². The van der Waals surface area contributed by atoms with E-state index >= 15 is 0 Å². The average molecular weight is 430 g/mol. The second-order valence-corrected chi connectivity index (χ2v) is 6.37. The maximum absolute atomic E-state index is 4.43. The molecule has 1 saturated heterocycles. The SMILES string of the molecule is CN=C(NCCN(C)Cc1ccccc1)N1CCC(C)CC1.I. The van der Waals surface area contributed by atoms with Gasteiger partial charge in [-0.1, -0.05) is 37.3 Å². The summed E-state index contributed by atoms with van der Waals surface area (Å²) in [4.78, 5) is 9.16. The van der Waals surface area contributed by atoms with Gasteiger partial charge in [0.2, 0.25) is 0 Å². The molecule has 0 bridgehead atoms. The number of halogens is 1. The van der Waals surface area contributed by atoms with Gasteiger partial charge < -0.3 is 15.1 Å². The number of nitrogens with one attached hydrogen (secondary N) is 1. The van der Waals surface area contributed by atoms with E-state index in [0.717, 1.165) is 44.6 Å². The molecule has 1 aromatic carbocycles. The standard InChI is InChI=1S/C18H30N4.HI/c1-16-9-12-22(13-10-16)18(19-2)20-11-14-21(3)15-17-7-5-4-6-8-17;/h4-8,16H,9-15H2,1-3H3,(H,19,20);1H. The van der Waals surface area contributed by atoms with E-state index in [1.807, 2.05) is 7.05 Å². The smallest absolute Gasteiger partial charge is 0.193 e. The Morgan fingerprint density at radius 2 is 1.91 bits per heavy atom. The molecule has 0 saturated carbocycles. The molecule has 0 radical (unpaired) electrons. The van der Waals surface area contributed by atoms with Crippen molar-refractivity contribution in [3.63, 3.8) is 0 Å². The van der Waals surface area contributed by atoms with Gasteiger partial charge in [-0.2, -0.15) is 0 Å². The minimum Gasteiger partial charge on any atom is -0.355 e. The van der Waals surface area contributed by atoms with Gasteiger partial charge in [0, 0.05) is 39.8 Å². The van der Waals surface area contributed by atoms with E-state index < -0.39 is 0 Å². The fraction of sp³-hybridized carbons (Fsp3) is 0.611. The van der Waals surface area contributed by atoms with Crippen LogP contribution in [0.5, 0.6) is 0 Å². The van der Waals surface area contributed by atoms with Gasteiger partial charge in [0.15, 0.2) is 5.96 Å². The van der Waals surface area contributed by atoms with E-state index in [-0.39, 0.29) is 24.0 Å². The van der Waals surface area contributed by atoms with Gasteiger partial charge in [-0.3, -0.25) is 4.99 Å². The van der Waals surface area contributed by atoms with Crippen molar-refractivity contribution in [2.75, 3.05) is 40.3 Å². The first-order valence-corrected chi connectivity index (χ1v) is 8.37. The molecule has 0 spiro atoms. The van der Waals surface area contributed by atoms with Crippen LogP contribution in [0.15, 0.2) is 35.3 Å². The zero-order valence-electron chi connectivity index (χ0n) is 14.7. The molecule has 1 aliphatic heterocycles. The van der Waals surface area contributed by atoms with Crippen molar-refractivity contribution in [3.8, 4) is 0 Å². The lowest BCUT2D eigenvalue weighted by molar-refractivity contribution is 0.270. The molecular weight excluding hydrogens is 399 g/mol. The minimum absolute atomic E-state index is 0. The second kappa shape index (κ2) is 10.9. The van der Waals surface area contributed by atoms with Crippen molar-refractivity contribution in [1.82, 2.24) is 15.1 Å². The Morgan fingerprint density at radius 1 is 1.26 bits per heavy atom. The number of piperidine rings is 1. The predicted molar refractivity (Wildman–Crippen MR) is 110 cm³/mol. The lowest BCUT2D eigenvalue weighted by atomic mass is 10.00. The molecule has 1 fully saturated rings. The molecule has 0 atom stereocenters. The highest BCUT2D eigenvalue weighted by Crippen LogP contribution is 2.15. The van der Waals surface area contributed by atoms with E-state index in [4.69, 9.17) is 0 Å². The highest BCUT2D eigenvalue weighted by Gasteiger charge is 2.18. The number of hydrogen-bond acceptors (Lipinski definition) is 2. The Hall–Kier alpha value is -0.820. The first-order chi connectivity index (χ1) is 10.7. The third kappa shape index (κ3) is 7.08. The topological polar surface area (TPSA) is 30.9 Å². The van der Waals surface area contributed by atoms with Crippen molar-refractivity contribution < 1.29 is 0 Å². The third-order valence-electron chi connectivity index (χ3n) is 4.37. The number of benzene rings is 1. The van der Waals surface area contributed by atoms with Crippen LogP contribution in [-0.4, -0.2) is 56.0 Å². The summed E-state index contributed by atoms with van der Waals surface area (Å²) in [5.41, 5.74) is 1.36. The molecule has 4 nitrogen and oxygen atoms in total. The molecule has 130 valence electrons. The van der Waals surface area contributed by atoms with E-state index in [0.29, 0.717) is 0 Å². The van der Waals surface area contributed by atoms with E-state index in [1.54, 1.807) is 0 Å². The molecule has 2 rings (SSSR count). The van der Waals surface area contributed by atoms with Crippen molar-refractivity contribution in [3.05, 3.63) is 35.9 Å². The lowest BCUT2D eigenvalue weighted by Crippen LogP contribution is -2.46. The molecule has 0 aliphatic carbocycles. The van der Waals surface area contributed by atoms with Crippen LogP contribution in [0.4, 0.5) is 0 Å². The van der Waals surface area contributed by atoms with Gasteiger partial charge in [-0.15, -0.1) is 24.0 Å². The molecule has 0 aromatic heterocycles. The van der Waals surface area contributed by atoms with E-state index in [2.05, 4.69) is 64.4 Å². The van der Waals surface area contributed by atoms with Gasteiger partial charge in [-0.25, -0.2) is 0 Å². The molecule has 5 heteroatoms. The maximum atomic E-state index is 4.43. The summed E-state index contributed by atoms with van der Waals surface area (Å²) in [5.74, 6) is 1.91. The van der Waals surface area contributed by atoms with E-state index in [9.17, 15) is 0 Å². The minimum atomic E-state index is 0. The Morgan fingerprint density at radius 3 is 2.52 bits per heavy atom. The number of likely N-dealkylation sites (tertiary alicyclic amines) is 1. The molecular formula is C18H31IN4. The van der Waals surface area contributed by atoms with Crippen LogP contribution in [0, 0.1) is 5.92 Å². The second-order valence-electron chi connectivity index (χ2n) is 6.37. The van der Waals surface area contributed by atoms with E-state index in [1.165, 1.54) is 18.4 Å². The average Bonchev–Trinajstić information content (AvgIpc) is 2.54. The van der Waals surface area contributed by atoms with Gasteiger partial charge in [0.1, 0.15) is 0 Å². The zero-order chi connectivity index (χ0) is 15.8. The summed E-state index contributed by atoms with van der Waals surface area (Å²) in [7, 11) is 4.05. The van der Waals surface area contributed by atoms with Crippen molar-refractivity contribution in [2.45, 2.75) is 26.3 Å². The van der Waals surface area contributed by atoms with Gasteiger partial charge in [0.05, 0.1) is 0 Å². The van der Waals surface area contributed by atoms with Crippen LogP contribution in [-0.2, 0) is 6.54 Å². The molecule has 1 N–H and O–H groups in total. The molecule has 0 unspecified atom stereocenters. The molecule has 23 heavy (non-hydrogen) atoms. The van der Waals surface area contributed by atoms with Crippen LogP contribution in [0.3, 0.4) is 0 Å². The fourth-order valence-electron chi connectivity index (χ4n) is 2.89. The highest BCUT2D eigenvalue weighted by atomic mass is 127. The molecule has 1 aromatic rings. The Bertz CT molecular complexity index is 455. The van der Waals surface area contributed by atoms with Crippen LogP contribution < -0.4 is 5.32 Å². The van der Waals surface area contributed by atoms with Gasteiger partial charge in [-0.05, 0) is 31.4 Å². The van der Waals surface area contributed by atoms with Crippen LogP contribution >= 0.6 is 24.0 Å². The number of hydrogen-bond donors (Lipinski definition) is 1. The molecule has 1 heterocycles. The van der Waals surface area contributed by atoms with Crippen molar-refractivity contribution in [2.24, 2.45) is 10.9 Å². The fourth-order valence-corrected chi connectivity index (χ4v) is 2.89. The van der Waals surface area contributed by atoms with Gasteiger partial charge in [0.25, 0.3) is 0 Å². The monoisotopic (exact) mass is 430 g/mol. The summed E-state index contributed by atoms with van der Waals surface area (Å²) < 4.78 is 0. The highest BCUT2D eigenvalue weighted by molar-refractivity contribution is 14.0. The number of rotatable bonds is 5. The Kier molecular flexibility index (Phi) is 9.55. The summed E-state index contributed by atoms with van der Waals surface area (Å²) >= 11 is 0. The van der Waals surface area contributed by atoms with Crippen LogP contribution in [0.2, 0.25) is 0 Å². The summed E-state index contributed by atoms with van der Waals surface area (Å²) in [6, 6.07) is 10.6. The van der Waals surface area contributed by atoms with Crippen LogP contribution in [0.1, 0.15) is 25.3 Å². The van der Waals surface area contributed by atoms with Gasteiger partial charge >= 0.3 is 0 Å². The number of nitrogens with zero attached hydrogens (tertiary/aromatic N) is 3. The number of guanidine groups is 1. The number of likely N-dealkylation sites (N-methyl/N-ethyl adjacent to an activating group) is 1. The maximum Gasteiger partial charge on any atom is 0.193 e. The molecule has 0 amide bonds. The van der Waals surface area contributed by atoms with Crippen molar-refractivity contribution >= 4 is 29.9 Å². The predicted octanol–water partition coefficient (Wildman–Crippen LogP) is 3.04. The first kappa shape index (κ1) is 20.2. The first-order valence-electron chi connectivity index (χ1n) is 8.37. The normalized spacial score (nSPS) is 16.3. The largest absolute Gasteiger partial charge is 0.355 e. The van der Waals surface area contributed by atoms with Crippen molar-refractivity contribution in [1.29, 1.82) is 0 Å². The summed E-state index contributed by atoms with van der Waals surface area (Å²) in [5, 5.41) is 3.50. The summed E-state index contributed by atoms with van der Waals surface area (Å²) in [6.07, 6.45) is 2.54. The Labute approximate surface area is 158 Å². The summed E-state index contributed by atoms with van der Waals surface area (Å²) in [6.45, 7) is 7.52. The quantitative estimate of drug-likeness (QED) is 0.443. The third-order valence-corrected chi connectivity index (χ3v) is 4.37. The zero-order valence-corrected chi connectivity index (χ0v) is 17.0. The Balaban J connectivity index is 0.00000264. The molecule has 1 aliphatic rings.